The summed E-state index contributed by atoms with van der Waals surface area (Å²) in [6.07, 6.45) is 1.57. The molecule has 6 heteroatoms. The van der Waals surface area contributed by atoms with Crippen molar-refractivity contribution in [3.63, 3.8) is 0 Å². The van der Waals surface area contributed by atoms with Crippen LogP contribution in [0.4, 0.5) is 5.69 Å². The highest BCUT2D eigenvalue weighted by Crippen LogP contribution is 2.25. The van der Waals surface area contributed by atoms with Gasteiger partial charge in [-0.25, -0.2) is 4.79 Å². The lowest BCUT2D eigenvalue weighted by molar-refractivity contribution is -0.139. The zero-order chi connectivity index (χ0) is 16.1. The number of hydrogen-bond acceptors (Lipinski definition) is 4. The number of anilines is 1. The van der Waals surface area contributed by atoms with Crippen molar-refractivity contribution in [1.82, 2.24) is 0 Å². The maximum absolute atomic E-state index is 12.3. The molecule has 1 heterocycles. The molecule has 22 heavy (non-hydrogen) atoms. The minimum Gasteiger partial charge on any atom is -0.482 e. The number of carboxylic acid groups (broad SMARTS) is 1. The number of aliphatic carboxylic acids is 1. The summed E-state index contributed by atoms with van der Waals surface area (Å²) in [5.74, 6) is -0.593. The molecule has 2 atom stereocenters. The molecule has 1 aliphatic rings. The summed E-state index contributed by atoms with van der Waals surface area (Å²) < 4.78 is 10.6. The van der Waals surface area contributed by atoms with Gasteiger partial charge in [-0.2, -0.15) is 0 Å². The van der Waals surface area contributed by atoms with Crippen LogP contribution >= 0.6 is 0 Å². The smallest absolute Gasteiger partial charge is 0.341 e. The standard InChI is InChI=1S/C16H21NO5/c1-10-7-13(22-9-15(18)19)3-4-14(10)17-16(20)12-5-6-21-11(2)8-12/h3-4,7,11-12H,5-6,8-9H2,1-2H3,(H,17,20)(H,18,19). The van der Waals surface area contributed by atoms with Crippen molar-refractivity contribution in [3.05, 3.63) is 23.8 Å². The average molecular weight is 307 g/mol. The molecule has 120 valence electrons. The summed E-state index contributed by atoms with van der Waals surface area (Å²) in [6.45, 7) is 4.04. The van der Waals surface area contributed by atoms with Gasteiger partial charge in [0, 0.05) is 18.2 Å². The summed E-state index contributed by atoms with van der Waals surface area (Å²) in [4.78, 5) is 22.8. The molecule has 0 aromatic heterocycles. The fourth-order valence-electron chi connectivity index (χ4n) is 2.48. The van der Waals surface area contributed by atoms with Gasteiger partial charge in [0.15, 0.2) is 6.61 Å². The van der Waals surface area contributed by atoms with E-state index < -0.39 is 5.97 Å². The van der Waals surface area contributed by atoms with E-state index in [-0.39, 0.29) is 24.5 Å². The van der Waals surface area contributed by atoms with E-state index in [1.54, 1.807) is 18.2 Å². The number of carbonyl (C=O) groups excluding carboxylic acids is 1. The summed E-state index contributed by atoms with van der Waals surface area (Å²) >= 11 is 0. The lowest BCUT2D eigenvalue weighted by Crippen LogP contribution is -2.32. The maximum atomic E-state index is 12.3. The van der Waals surface area contributed by atoms with Gasteiger partial charge in [-0.15, -0.1) is 0 Å². The number of hydrogen-bond donors (Lipinski definition) is 2. The molecule has 2 N–H and O–H groups in total. The van der Waals surface area contributed by atoms with Gasteiger partial charge in [-0.3, -0.25) is 4.79 Å². The quantitative estimate of drug-likeness (QED) is 0.871. The zero-order valence-corrected chi connectivity index (χ0v) is 12.8. The number of benzene rings is 1. The lowest BCUT2D eigenvalue weighted by Gasteiger charge is -2.26. The Morgan fingerprint density at radius 3 is 2.86 bits per heavy atom. The van der Waals surface area contributed by atoms with Crippen LogP contribution in [0, 0.1) is 12.8 Å². The van der Waals surface area contributed by atoms with Crippen molar-refractivity contribution in [1.29, 1.82) is 0 Å². The van der Waals surface area contributed by atoms with Crippen LogP contribution in [-0.2, 0) is 14.3 Å². The molecule has 2 unspecified atom stereocenters. The number of amides is 1. The van der Waals surface area contributed by atoms with Gasteiger partial charge >= 0.3 is 5.97 Å². The largest absolute Gasteiger partial charge is 0.482 e. The van der Waals surface area contributed by atoms with E-state index in [4.69, 9.17) is 14.6 Å². The third kappa shape index (κ3) is 4.46. The number of nitrogens with one attached hydrogen (secondary N) is 1. The van der Waals surface area contributed by atoms with Gasteiger partial charge < -0.3 is 19.9 Å². The van der Waals surface area contributed by atoms with E-state index in [9.17, 15) is 9.59 Å². The minimum atomic E-state index is -1.02. The van der Waals surface area contributed by atoms with Crippen LogP contribution in [0.3, 0.4) is 0 Å². The predicted molar refractivity (Wildman–Crippen MR) is 81.1 cm³/mol. The maximum Gasteiger partial charge on any atom is 0.341 e. The van der Waals surface area contributed by atoms with Crippen LogP contribution in [0.1, 0.15) is 25.3 Å². The van der Waals surface area contributed by atoms with Crippen molar-refractivity contribution < 1.29 is 24.2 Å². The Hall–Kier alpha value is -2.08. The zero-order valence-electron chi connectivity index (χ0n) is 12.8. The molecule has 1 saturated heterocycles. The Morgan fingerprint density at radius 1 is 1.45 bits per heavy atom. The Balaban J connectivity index is 1.97. The van der Waals surface area contributed by atoms with E-state index >= 15 is 0 Å². The van der Waals surface area contributed by atoms with E-state index in [0.29, 0.717) is 18.0 Å². The summed E-state index contributed by atoms with van der Waals surface area (Å²) in [7, 11) is 0. The highest BCUT2D eigenvalue weighted by Gasteiger charge is 2.25. The van der Waals surface area contributed by atoms with Crippen LogP contribution in [0.15, 0.2) is 18.2 Å². The van der Waals surface area contributed by atoms with E-state index in [2.05, 4.69) is 5.32 Å². The first kappa shape index (κ1) is 16.3. The molecular weight excluding hydrogens is 286 g/mol. The Labute approximate surface area is 129 Å². The van der Waals surface area contributed by atoms with Crippen LogP contribution in [0.25, 0.3) is 0 Å². The number of carbonyl (C=O) groups is 2. The number of aryl methyl sites for hydroxylation is 1. The number of carboxylic acids is 1. The molecule has 0 bridgehead atoms. The second-order valence-corrected chi connectivity index (χ2v) is 5.55. The molecule has 0 aliphatic carbocycles. The Bertz CT molecular complexity index is 557. The van der Waals surface area contributed by atoms with Crippen molar-refractivity contribution in [2.24, 2.45) is 5.92 Å². The van der Waals surface area contributed by atoms with Crippen molar-refractivity contribution >= 4 is 17.6 Å². The molecule has 2 rings (SSSR count). The van der Waals surface area contributed by atoms with Gasteiger partial charge in [0.1, 0.15) is 5.75 Å². The fraction of sp³-hybridized carbons (Fsp3) is 0.500. The molecule has 6 nitrogen and oxygen atoms in total. The van der Waals surface area contributed by atoms with E-state index in [1.165, 1.54) is 0 Å². The molecule has 0 saturated carbocycles. The van der Waals surface area contributed by atoms with Crippen LogP contribution in [0.5, 0.6) is 5.75 Å². The highest BCUT2D eigenvalue weighted by molar-refractivity contribution is 5.93. The van der Waals surface area contributed by atoms with E-state index in [1.807, 2.05) is 13.8 Å². The average Bonchev–Trinajstić information content (AvgIpc) is 2.47. The van der Waals surface area contributed by atoms with Crippen LogP contribution in [-0.4, -0.2) is 36.3 Å². The first-order valence-electron chi connectivity index (χ1n) is 7.33. The highest BCUT2D eigenvalue weighted by atomic mass is 16.5. The lowest BCUT2D eigenvalue weighted by atomic mass is 9.95. The summed E-state index contributed by atoms with van der Waals surface area (Å²) in [5.41, 5.74) is 1.54. The topological polar surface area (TPSA) is 84.9 Å². The molecule has 1 aromatic rings. The van der Waals surface area contributed by atoms with Gasteiger partial charge in [0.05, 0.1) is 6.10 Å². The first-order valence-corrected chi connectivity index (χ1v) is 7.33. The summed E-state index contributed by atoms with van der Waals surface area (Å²) in [6, 6.07) is 5.09. The predicted octanol–water partition coefficient (Wildman–Crippen LogP) is 2.21. The van der Waals surface area contributed by atoms with Crippen molar-refractivity contribution in [3.8, 4) is 5.75 Å². The minimum absolute atomic E-state index is 0.00236. The van der Waals surface area contributed by atoms with Crippen LogP contribution < -0.4 is 10.1 Å². The normalized spacial score (nSPS) is 21.2. The number of ether oxygens (including phenoxy) is 2. The third-order valence-corrected chi connectivity index (χ3v) is 3.67. The first-order chi connectivity index (χ1) is 10.5. The molecule has 0 spiro atoms. The number of rotatable bonds is 5. The fourth-order valence-corrected chi connectivity index (χ4v) is 2.48. The molecule has 1 aliphatic heterocycles. The van der Waals surface area contributed by atoms with Gasteiger partial charge in [-0.1, -0.05) is 0 Å². The second kappa shape index (κ2) is 7.26. The van der Waals surface area contributed by atoms with Gasteiger partial charge in [0.2, 0.25) is 5.91 Å². The molecule has 1 fully saturated rings. The van der Waals surface area contributed by atoms with Crippen LogP contribution in [0.2, 0.25) is 0 Å². The van der Waals surface area contributed by atoms with Crippen molar-refractivity contribution in [2.75, 3.05) is 18.5 Å². The van der Waals surface area contributed by atoms with Gasteiger partial charge in [0.25, 0.3) is 0 Å². The van der Waals surface area contributed by atoms with E-state index in [0.717, 1.165) is 18.4 Å². The summed E-state index contributed by atoms with van der Waals surface area (Å²) in [5, 5.41) is 11.5. The molecule has 0 radical (unpaired) electrons. The Morgan fingerprint density at radius 2 is 2.23 bits per heavy atom. The Kier molecular flexibility index (Phi) is 5.38. The molecular formula is C16H21NO5. The monoisotopic (exact) mass is 307 g/mol. The van der Waals surface area contributed by atoms with Crippen molar-refractivity contribution in [2.45, 2.75) is 32.8 Å². The van der Waals surface area contributed by atoms with Gasteiger partial charge in [-0.05, 0) is 50.5 Å². The third-order valence-electron chi connectivity index (χ3n) is 3.67. The molecule has 1 aromatic carbocycles. The molecule has 1 amide bonds. The SMILES string of the molecule is Cc1cc(OCC(=O)O)ccc1NC(=O)C1CCOC(C)C1. The second-order valence-electron chi connectivity index (χ2n) is 5.55.